The van der Waals surface area contributed by atoms with Crippen molar-refractivity contribution < 1.29 is 19.7 Å². The van der Waals surface area contributed by atoms with Crippen molar-refractivity contribution in [1.29, 1.82) is 0 Å². The van der Waals surface area contributed by atoms with E-state index in [1.54, 1.807) is 0 Å². The summed E-state index contributed by atoms with van der Waals surface area (Å²) in [4.78, 5) is 10.5. The quantitative estimate of drug-likeness (QED) is 0.645. The lowest BCUT2D eigenvalue weighted by molar-refractivity contribution is -0.160. The van der Waals surface area contributed by atoms with Crippen LogP contribution in [0.1, 0.15) is 26.7 Å². The Balaban J connectivity index is 4.12. The van der Waals surface area contributed by atoms with Gasteiger partial charge in [-0.2, -0.15) is 0 Å². The molecule has 2 N–H and O–H groups in total. The third kappa shape index (κ3) is 3.19. The number of aliphatic hydroxyl groups is 1. The molecule has 0 saturated carbocycles. The van der Waals surface area contributed by atoms with Gasteiger partial charge in [0.2, 0.25) is 0 Å². The number of hydrogen-bond acceptors (Lipinski definition) is 3. The van der Waals surface area contributed by atoms with Gasteiger partial charge in [-0.3, -0.25) is 0 Å². The van der Waals surface area contributed by atoms with E-state index < -0.39 is 11.6 Å². The maximum absolute atomic E-state index is 10.5. The van der Waals surface area contributed by atoms with Crippen LogP contribution in [0, 0.1) is 0 Å². The van der Waals surface area contributed by atoms with Crippen molar-refractivity contribution in [3.05, 3.63) is 0 Å². The van der Waals surface area contributed by atoms with Crippen LogP contribution < -0.4 is 0 Å². The lowest BCUT2D eigenvalue weighted by Gasteiger charge is -2.22. The normalized spacial score (nSPS) is 18.3. The molecule has 0 fully saturated rings. The van der Waals surface area contributed by atoms with Gasteiger partial charge >= 0.3 is 5.97 Å². The highest BCUT2D eigenvalue weighted by Crippen LogP contribution is 2.16. The number of rotatable bonds is 5. The molecule has 4 nitrogen and oxygen atoms in total. The van der Waals surface area contributed by atoms with E-state index in [-0.39, 0.29) is 12.5 Å². The maximum atomic E-state index is 10.5. The summed E-state index contributed by atoms with van der Waals surface area (Å²) in [6.45, 7) is 3.16. The fraction of sp³-hybridized carbons (Fsp3) is 0.875. The third-order valence-electron chi connectivity index (χ3n) is 1.87. The highest BCUT2D eigenvalue weighted by molar-refractivity contribution is 5.76. The van der Waals surface area contributed by atoms with E-state index >= 15 is 0 Å². The van der Waals surface area contributed by atoms with Gasteiger partial charge in [0.15, 0.2) is 5.60 Å². The van der Waals surface area contributed by atoms with Crippen molar-refractivity contribution in [3.8, 4) is 0 Å². The Labute approximate surface area is 72.2 Å². The van der Waals surface area contributed by atoms with Gasteiger partial charge in [-0.25, -0.2) is 4.79 Å². The van der Waals surface area contributed by atoms with E-state index in [2.05, 4.69) is 0 Å². The summed E-state index contributed by atoms with van der Waals surface area (Å²) in [5.41, 5.74) is -1.68. The Morgan fingerprint density at radius 1 is 1.67 bits per heavy atom. The van der Waals surface area contributed by atoms with Crippen LogP contribution in [0.5, 0.6) is 0 Å². The van der Waals surface area contributed by atoms with Gasteiger partial charge in [-0.05, 0) is 13.3 Å². The third-order valence-corrected chi connectivity index (χ3v) is 1.87. The van der Waals surface area contributed by atoms with Crippen molar-refractivity contribution in [2.24, 2.45) is 0 Å². The number of ether oxygens (including phenoxy) is 1. The fourth-order valence-electron chi connectivity index (χ4n) is 0.925. The molecule has 0 saturated heterocycles. The standard InChI is InChI=1S/C8H16O4/c1-4-6(12-3)5-8(2,11)7(9)10/h6,11H,4-5H2,1-3H3,(H,9,10). The molecule has 0 aromatic heterocycles. The zero-order valence-corrected chi connectivity index (χ0v) is 7.70. The SMILES string of the molecule is CCC(CC(C)(O)C(=O)O)OC. The summed E-state index contributed by atoms with van der Waals surface area (Å²) in [5.74, 6) is -1.21. The summed E-state index contributed by atoms with van der Waals surface area (Å²) in [5, 5.41) is 17.9. The first-order valence-corrected chi connectivity index (χ1v) is 3.92. The minimum atomic E-state index is -1.68. The Kier molecular flexibility index (Phi) is 4.20. The van der Waals surface area contributed by atoms with Crippen LogP contribution in [-0.4, -0.2) is 35.0 Å². The summed E-state index contributed by atoms with van der Waals surface area (Å²) < 4.78 is 4.96. The van der Waals surface area contributed by atoms with Crippen LogP contribution in [0.15, 0.2) is 0 Å². The molecular weight excluding hydrogens is 160 g/mol. The molecule has 12 heavy (non-hydrogen) atoms. The highest BCUT2D eigenvalue weighted by Gasteiger charge is 2.32. The average molecular weight is 176 g/mol. The Bertz CT molecular complexity index is 149. The molecular formula is C8H16O4. The van der Waals surface area contributed by atoms with Crippen molar-refractivity contribution in [2.45, 2.75) is 38.4 Å². The molecule has 2 atom stereocenters. The molecule has 72 valence electrons. The van der Waals surface area contributed by atoms with Gasteiger partial charge in [0, 0.05) is 13.5 Å². The van der Waals surface area contributed by atoms with Crippen molar-refractivity contribution in [1.82, 2.24) is 0 Å². The molecule has 0 heterocycles. The van der Waals surface area contributed by atoms with Gasteiger partial charge < -0.3 is 14.9 Å². The summed E-state index contributed by atoms with van der Waals surface area (Å²) in [6.07, 6.45) is 0.617. The Morgan fingerprint density at radius 3 is 2.42 bits per heavy atom. The zero-order chi connectivity index (χ0) is 9.78. The van der Waals surface area contributed by atoms with E-state index in [0.717, 1.165) is 0 Å². The number of carboxylic acids is 1. The maximum Gasteiger partial charge on any atom is 0.335 e. The molecule has 0 aromatic rings. The number of methoxy groups -OCH3 is 1. The molecule has 0 rings (SSSR count). The lowest BCUT2D eigenvalue weighted by atomic mass is 9.97. The summed E-state index contributed by atoms with van der Waals surface area (Å²) >= 11 is 0. The minimum Gasteiger partial charge on any atom is -0.479 e. The topological polar surface area (TPSA) is 66.8 Å². The predicted octanol–water partition coefficient (Wildman–Crippen LogP) is 0.637. The molecule has 0 aromatic carbocycles. The second-order valence-electron chi connectivity index (χ2n) is 3.05. The molecule has 0 spiro atoms. The number of aliphatic carboxylic acids is 1. The van der Waals surface area contributed by atoms with Gasteiger partial charge in [-0.1, -0.05) is 6.92 Å². The molecule has 0 bridgehead atoms. The zero-order valence-electron chi connectivity index (χ0n) is 7.70. The Hall–Kier alpha value is -0.610. The first-order valence-electron chi connectivity index (χ1n) is 3.92. The molecule has 2 unspecified atom stereocenters. The van der Waals surface area contributed by atoms with Crippen LogP contribution in [0.2, 0.25) is 0 Å². The number of carboxylic acid groups (broad SMARTS) is 1. The predicted molar refractivity (Wildman–Crippen MR) is 44.0 cm³/mol. The van der Waals surface area contributed by atoms with Crippen LogP contribution >= 0.6 is 0 Å². The molecule has 0 aliphatic carbocycles. The van der Waals surface area contributed by atoms with E-state index in [0.29, 0.717) is 6.42 Å². The van der Waals surface area contributed by atoms with Gasteiger partial charge in [0.1, 0.15) is 0 Å². The van der Waals surface area contributed by atoms with Crippen molar-refractivity contribution in [2.75, 3.05) is 7.11 Å². The van der Waals surface area contributed by atoms with E-state index in [1.165, 1.54) is 14.0 Å². The first-order chi connectivity index (χ1) is 5.44. The Morgan fingerprint density at radius 2 is 2.17 bits per heavy atom. The van der Waals surface area contributed by atoms with Crippen LogP contribution in [-0.2, 0) is 9.53 Å². The van der Waals surface area contributed by atoms with Gasteiger partial charge in [0.05, 0.1) is 6.10 Å². The van der Waals surface area contributed by atoms with E-state index in [1.807, 2.05) is 6.92 Å². The smallest absolute Gasteiger partial charge is 0.335 e. The second-order valence-corrected chi connectivity index (χ2v) is 3.05. The molecule has 4 heteroatoms. The molecule has 0 aliphatic rings. The average Bonchev–Trinajstić information content (AvgIpc) is 2.00. The summed E-state index contributed by atoms with van der Waals surface area (Å²) in [7, 11) is 1.51. The molecule has 0 radical (unpaired) electrons. The van der Waals surface area contributed by atoms with Crippen molar-refractivity contribution >= 4 is 5.97 Å². The monoisotopic (exact) mass is 176 g/mol. The first kappa shape index (κ1) is 11.4. The van der Waals surface area contributed by atoms with Crippen LogP contribution in [0.25, 0.3) is 0 Å². The molecule has 0 aliphatic heterocycles. The van der Waals surface area contributed by atoms with Gasteiger partial charge in [0.25, 0.3) is 0 Å². The lowest BCUT2D eigenvalue weighted by Crippen LogP contribution is -2.38. The number of hydrogen-bond donors (Lipinski definition) is 2. The van der Waals surface area contributed by atoms with E-state index in [4.69, 9.17) is 9.84 Å². The fourth-order valence-corrected chi connectivity index (χ4v) is 0.925. The van der Waals surface area contributed by atoms with Gasteiger partial charge in [-0.15, -0.1) is 0 Å². The van der Waals surface area contributed by atoms with Crippen LogP contribution in [0.4, 0.5) is 0 Å². The van der Waals surface area contributed by atoms with Crippen LogP contribution in [0.3, 0.4) is 0 Å². The van der Waals surface area contributed by atoms with Crippen molar-refractivity contribution in [3.63, 3.8) is 0 Å². The summed E-state index contributed by atoms with van der Waals surface area (Å²) in [6, 6.07) is 0. The molecule has 0 amide bonds. The number of carbonyl (C=O) groups is 1. The highest BCUT2D eigenvalue weighted by atomic mass is 16.5. The second kappa shape index (κ2) is 4.42. The largest absolute Gasteiger partial charge is 0.479 e. The van der Waals surface area contributed by atoms with E-state index in [9.17, 15) is 9.90 Å². The minimum absolute atomic E-state index is 0.120.